The largest absolute Gasteiger partial charge is 0.389 e. The van der Waals surface area contributed by atoms with E-state index < -0.39 is 5.60 Å². The molecule has 2 rings (SSSR count). The second-order valence-corrected chi connectivity index (χ2v) is 6.18. The van der Waals surface area contributed by atoms with E-state index in [9.17, 15) is 5.11 Å². The fourth-order valence-electron chi connectivity index (χ4n) is 3.02. The van der Waals surface area contributed by atoms with Crippen molar-refractivity contribution in [3.8, 4) is 0 Å². The van der Waals surface area contributed by atoms with Crippen molar-refractivity contribution in [3.05, 3.63) is 16.4 Å². The Balaban J connectivity index is 2.15. The van der Waals surface area contributed by atoms with E-state index in [0.717, 1.165) is 30.8 Å². The van der Waals surface area contributed by atoms with Crippen LogP contribution in [0.4, 0.5) is 0 Å². The van der Waals surface area contributed by atoms with Gasteiger partial charge < -0.3 is 9.84 Å². The molecule has 1 fully saturated rings. The highest BCUT2D eigenvalue weighted by Gasteiger charge is 2.36. The van der Waals surface area contributed by atoms with Crippen LogP contribution in [-0.2, 0) is 17.7 Å². The first-order valence-electron chi connectivity index (χ1n) is 7.55. The standard InChI is InChI=1S/C15H25ClN2O2/c1-4-6-12-9-15(19,7-8-20-12)10-13-14(16)11(3)17-18(13)5-2/h12,19H,4-10H2,1-3H3. The van der Waals surface area contributed by atoms with Crippen molar-refractivity contribution >= 4 is 11.6 Å². The van der Waals surface area contributed by atoms with Gasteiger partial charge in [-0.15, -0.1) is 0 Å². The maximum absolute atomic E-state index is 10.9. The van der Waals surface area contributed by atoms with Crippen molar-refractivity contribution in [2.24, 2.45) is 0 Å². The van der Waals surface area contributed by atoms with Crippen LogP contribution in [0.1, 0.15) is 50.9 Å². The average Bonchev–Trinajstić information content (AvgIpc) is 2.66. The van der Waals surface area contributed by atoms with Gasteiger partial charge in [0.1, 0.15) is 0 Å². The van der Waals surface area contributed by atoms with E-state index in [2.05, 4.69) is 12.0 Å². The summed E-state index contributed by atoms with van der Waals surface area (Å²) in [6.45, 7) is 7.49. The summed E-state index contributed by atoms with van der Waals surface area (Å²) >= 11 is 6.35. The molecular weight excluding hydrogens is 276 g/mol. The molecular formula is C15H25ClN2O2. The van der Waals surface area contributed by atoms with Crippen molar-refractivity contribution in [2.45, 2.75) is 71.1 Å². The molecule has 5 heteroatoms. The highest BCUT2D eigenvalue weighted by atomic mass is 35.5. The quantitative estimate of drug-likeness (QED) is 0.909. The Labute approximate surface area is 126 Å². The molecule has 2 atom stereocenters. The molecule has 1 aliphatic heterocycles. The predicted octanol–water partition coefficient (Wildman–Crippen LogP) is 3.12. The molecule has 0 saturated carbocycles. The molecule has 2 unspecified atom stereocenters. The fourth-order valence-corrected chi connectivity index (χ4v) is 3.22. The van der Waals surface area contributed by atoms with Crippen LogP contribution in [0.5, 0.6) is 0 Å². The van der Waals surface area contributed by atoms with Gasteiger partial charge in [0.2, 0.25) is 0 Å². The minimum absolute atomic E-state index is 0.164. The van der Waals surface area contributed by atoms with Crippen LogP contribution in [0.25, 0.3) is 0 Å². The second-order valence-electron chi connectivity index (χ2n) is 5.80. The Bertz CT molecular complexity index is 459. The minimum Gasteiger partial charge on any atom is -0.389 e. The Morgan fingerprint density at radius 3 is 2.90 bits per heavy atom. The van der Waals surface area contributed by atoms with E-state index in [1.165, 1.54) is 0 Å². The summed E-state index contributed by atoms with van der Waals surface area (Å²) < 4.78 is 7.63. The third kappa shape index (κ3) is 3.35. The molecule has 20 heavy (non-hydrogen) atoms. The number of ether oxygens (including phenoxy) is 1. The molecule has 0 aromatic carbocycles. The summed E-state index contributed by atoms with van der Waals surface area (Å²) in [5, 5.41) is 16.0. The van der Waals surface area contributed by atoms with E-state index >= 15 is 0 Å². The molecule has 4 nitrogen and oxygen atoms in total. The van der Waals surface area contributed by atoms with E-state index in [-0.39, 0.29) is 6.10 Å². The van der Waals surface area contributed by atoms with E-state index in [1.54, 1.807) is 0 Å². The number of nitrogens with zero attached hydrogens (tertiary/aromatic N) is 2. The lowest BCUT2D eigenvalue weighted by Gasteiger charge is -2.37. The Morgan fingerprint density at radius 1 is 1.50 bits per heavy atom. The minimum atomic E-state index is -0.721. The van der Waals surface area contributed by atoms with E-state index in [0.29, 0.717) is 30.9 Å². The SMILES string of the molecule is CCCC1CC(O)(Cc2c(Cl)c(C)nn2CC)CCO1. The van der Waals surface area contributed by atoms with Gasteiger partial charge in [0.05, 0.1) is 28.1 Å². The molecule has 114 valence electrons. The lowest BCUT2D eigenvalue weighted by Crippen LogP contribution is -2.43. The molecule has 2 heterocycles. The predicted molar refractivity (Wildman–Crippen MR) is 80.2 cm³/mol. The van der Waals surface area contributed by atoms with Gasteiger partial charge in [-0.3, -0.25) is 4.68 Å². The van der Waals surface area contributed by atoms with Crippen molar-refractivity contribution in [1.82, 2.24) is 9.78 Å². The molecule has 1 N–H and O–H groups in total. The summed E-state index contributed by atoms with van der Waals surface area (Å²) in [6.07, 6.45) is 4.15. The van der Waals surface area contributed by atoms with Crippen LogP contribution in [0.2, 0.25) is 5.02 Å². The number of aryl methyl sites for hydroxylation is 2. The van der Waals surface area contributed by atoms with Crippen molar-refractivity contribution in [2.75, 3.05) is 6.61 Å². The van der Waals surface area contributed by atoms with Crippen molar-refractivity contribution in [1.29, 1.82) is 0 Å². The third-order valence-electron chi connectivity index (χ3n) is 4.09. The third-order valence-corrected chi connectivity index (χ3v) is 4.58. The number of halogens is 1. The Kier molecular flexibility index (Phi) is 5.10. The van der Waals surface area contributed by atoms with Gasteiger partial charge in [0, 0.05) is 26.0 Å². The highest BCUT2D eigenvalue weighted by Crippen LogP contribution is 2.33. The molecule has 1 aliphatic rings. The molecule has 1 saturated heterocycles. The zero-order valence-electron chi connectivity index (χ0n) is 12.7. The summed E-state index contributed by atoms with van der Waals surface area (Å²) in [5.41, 5.74) is 1.07. The summed E-state index contributed by atoms with van der Waals surface area (Å²) in [7, 11) is 0. The first-order valence-corrected chi connectivity index (χ1v) is 7.92. The zero-order chi connectivity index (χ0) is 14.8. The normalized spacial score (nSPS) is 26.9. The van der Waals surface area contributed by atoms with Crippen LogP contribution in [-0.4, -0.2) is 33.2 Å². The molecule has 0 aliphatic carbocycles. The molecule has 0 amide bonds. The first-order chi connectivity index (χ1) is 9.49. The second kappa shape index (κ2) is 6.46. The molecule has 1 aromatic rings. The first kappa shape index (κ1) is 15.8. The van der Waals surface area contributed by atoms with Crippen LogP contribution in [0.3, 0.4) is 0 Å². The number of hydrogen-bond donors (Lipinski definition) is 1. The van der Waals surface area contributed by atoms with E-state index in [1.807, 2.05) is 18.5 Å². The summed E-state index contributed by atoms with van der Waals surface area (Å²) in [4.78, 5) is 0. The van der Waals surface area contributed by atoms with Gasteiger partial charge >= 0.3 is 0 Å². The number of aromatic nitrogens is 2. The topological polar surface area (TPSA) is 47.3 Å². The molecule has 0 radical (unpaired) electrons. The highest BCUT2D eigenvalue weighted by molar-refractivity contribution is 6.31. The Hall–Kier alpha value is -0.580. The lowest BCUT2D eigenvalue weighted by atomic mass is 9.85. The smallest absolute Gasteiger partial charge is 0.0848 e. The van der Waals surface area contributed by atoms with Crippen LogP contribution in [0.15, 0.2) is 0 Å². The molecule has 0 spiro atoms. The van der Waals surface area contributed by atoms with Gasteiger partial charge in [0.25, 0.3) is 0 Å². The van der Waals surface area contributed by atoms with Crippen LogP contribution in [0, 0.1) is 6.92 Å². The molecule has 0 bridgehead atoms. The van der Waals surface area contributed by atoms with Crippen molar-refractivity contribution < 1.29 is 9.84 Å². The van der Waals surface area contributed by atoms with Crippen LogP contribution < -0.4 is 0 Å². The lowest BCUT2D eigenvalue weighted by molar-refractivity contribution is -0.105. The summed E-state index contributed by atoms with van der Waals surface area (Å²) in [5.74, 6) is 0. The van der Waals surface area contributed by atoms with Crippen molar-refractivity contribution in [3.63, 3.8) is 0 Å². The van der Waals surface area contributed by atoms with Gasteiger partial charge in [-0.25, -0.2) is 0 Å². The average molecular weight is 301 g/mol. The zero-order valence-corrected chi connectivity index (χ0v) is 13.4. The van der Waals surface area contributed by atoms with Crippen LogP contribution >= 0.6 is 11.6 Å². The Morgan fingerprint density at radius 2 is 2.25 bits per heavy atom. The molecule has 1 aromatic heterocycles. The monoisotopic (exact) mass is 300 g/mol. The van der Waals surface area contributed by atoms with E-state index in [4.69, 9.17) is 16.3 Å². The number of hydrogen-bond acceptors (Lipinski definition) is 3. The number of aliphatic hydroxyl groups is 1. The summed E-state index contributed by atoms with van der Waals surface area (Å²) in [6, 6.07) is 0. The maximum atomic E-state index is 10.9. The number of rotatable bonds is 5. The maximum Gasteiger partial charge on any atom is 0.0848 e. The van der Waals surface area contributed by atoms with Gasteiger partial charge in [-0.2, -0.15) is 5.10 Å². The fraction of sp³-hybridized carbons (Fsp3) is 0.800. The van der Waals surface area contributed by atoms with Gasteiger partial charge in [0.15, 0.2) is 0 Å². The van der Waals surface area contributed by atoms with Gasteiger partial charge in [-0.05, 0) is 26.7 Å². The van der Waals surface area contributed by atoms with Gasteiger partial charge in [-0.1, -0.05) is 24.9 Å².